The molecule has 0 radical (unpaired) electrons. The van der Waals surface area contributed by atoms with Gasteiger partial charge in [0, 0.05) is 36.3 Å². The zero-order chi connectivity index (χ0) is 18.1. The van der Waals surface area contributed by atoms with Gasteiger partial charge < -0.3 is 9.80 Å². The summed E-state index contributed by atoms with van der Waals surface area (Å²) in [7, 11) is 0. The molecular formula is C22H24N2OS. The molecule has 0 unspecified atom stereocenters. The van der Waals surface area contributed by atoms with Gasteiger partial charge in [0.25, 0.3) is 0 Å². The average Bonchev–Trinajstić information content (AvgIpc) is 3.25. The van der Waals surface area contributed by atoms with Crippen molar-refractivity contribution in [1.82, 2.24) is 0 Å². The number of ketones is 1. The number of rotatable bonds is 4. The van der Waals surface area contributed by atoms with Gasteiger partial charge >= 0.3 is 0 Å². The fraction of sp³-hybridized carbons (Fsp3) is 0.318. The molecule has 2 aliphatic heterocycles. The van der Waals surface area contributed by atoms with Crippen molar-refractivity contribution in [2.45, 2.75) is 38.1 Å². The summed E-state index contributed by atoms with van der Waals surface area (Å²) in [5.74, 6) is 0.0916. The standard InChI is InChI=1S/C22H24N2OS/c1-16-5-7-18(8-6-16)15-24-20-14-19(23-11-3-4-12-23)9-10-21(20)26-22(24)13-17(2)25/h5-10,13-14H,3-4,11-12,15H2,1-2H3/b22-13-. The number of anilines is 2. The van der Waals surface area contributed by atoms with Gasteiger partial charge in [-0.15, -0.1) is 0 Å². The second kappa shape index (κ2) is 7.20. The summed E-state index contributed by atoms with van der Waals surface area (Å²) in [6, 6.07) is 15.4. The van der Waals surface area contributed by atoms with Crippen LogP contribution in [-0.2, 0) is 11.3 Å². The number of thioether (sulfide) groups is 1. The van der Waals surface area contributed by atoms with Crippen LogP contribution >= 0.6 is 11.8 Å². The maximum Gasteiger partial charge on any atom is 0.155 e. The number of hydrogen-bond donors (Lipinski definition) is 0. The highest BCUT2D eigenvalue weighted by molar-refractivity contribution is 8.03. The highest BCUT2D eigenvalue weighted by Gasteiger charge is 2.27. The summed E-state index contributed by atoms with van der Waals surface area (Å²) < 4.78 is 0. The molecule has 0 bridgehead atoms. The number of carbonyl (C=O) groups excluding carboxylic acids is 1. The quantitative estimate of drug-likeness (QED) is 0.701. The lowest BCUT2D eigenvalue weighted by Crippen LogP contribution is -2.20. The topological polar surface area (TPSA) is 23.6 Å². The minimum absolute atomic E-state index is 0.0916. The van der Waals surface area contributed by atoms with E-state index in [4.69, 9.17) is 0 Å². The lowest BCUT2D eigenvalue weighted by atomic mass is 10.1. The number of carbonyl (C=O) groups is 1. The number of fused-ring (bicyclic) bond motifs is 1. The maximum atomic E-state index is 11.7. The highest BCUT2D eigenvalue weighted by atomic mass is 32.2. The van der Waals surface area contributed by atoms with Crippen molar-refractivity contribution in [3.8, 4) is 0 Å². The predicted octanol–water partition coefficient (Wildman–Crippen LogP) is 5.14. The molecule has 0 N–H and O–H groups in total. The molecule has 0 spiro atoms. The molecule has 1 saturated heterocycles. The SMILES string of the molecule is CC(=O)/C=C1\Sc2ccc(N3CCCC3)cc2N1Cc1ccc(C)cc1. The van der Waals surface area contributed by atoms with Gasteiger partial charge in [0.05, 0.1) is 10.7 Å². The van der Waals surface area contributed by atoms with E-state index in [1.54, 1.807) is 24.8 Å². The number of allylic oxidation sites excluding steroid dienone is 1. The molecule has 0 aromatic heterocycles. The third-order valence-corrected chi connectivity index (χ3v) is 6.09. The van der Waals surface area contributed by atoms with Crippen molar-refractivity contribution in [2.75, 3.05) is 22.9 Å². The minimum atomic E-state index is 0.0916. The Bertz CT molecular complexity index is 851. The fourth-order valence-electron chi connectivity index (χ4n) is 3.58. The normalized spacial score (nSPS) is 17.8. The monoisotopic (exact) mass is 364 g/mol. The summed E-state index contributed by atoms with van der Waals surface area (Å²) in [5.41, 5.74) is 5.03. The minimum Gasteiger partial charge on any atom is -0.371 e. The molecule has 26 heavy (non-hydrogen) atoms. The van der Waals surface area contributed by atoms with Crippen molar-refractivity contribution in [3.63, 3.8) is 0 Å². The molecule has 1 fully saturated rings. The number of benzene rings is 2. The van der Waals surface area contributed by atoms with Gasteiger partial charge in [-0.05, 0) is 50.5 Å². The van der Waals surface area contributed by atoms with Crippen molar-refractivity contribution in [2.24, 2.45) is 0 Å². The first-order valence-corrected chi connectivity index (χ1v) is 10.0. The van der Waals surface area contributed by atoms with Crippen LogP contribution < -0.4 is 9.80 Å². The molecule has 0 atom stereocenters. The summed E-state index contributed by atoms with van der Waals surface area (Å²) in [6.07, 6.45) is 4.30. The Labute approximate surface area is 159 Å². The fourth-order valence-corrected chi connectivity index (χ4v) is 4.71. The van der Waals surface area contributed by atoms with Crippen molar-refractivity contribution in [1.29, 1.82) is 0 Å². The van der Waals surface area contributed by atoms with Crippen LogP contribution in [0.5, 0.6) is 0 Å². The van der Waals surface area contributed by atoms with Crippen LogP contribution in [0.1, 0.15) is 30.9 Å². The summed E-state index contributed by atoms with van der Waals surface area (Å²) in [5, 5.41) is 1.02. The molecule has 0 saturated carbocycles. The van der Waals surface area contributed by atoms with Crippen LogP contribution in [0.4, 0.5) is 11.4 Å². The third kappa shape index (κ3) is 3.51. The molecule has 3 nitrogen and oxygen atoms in total. The molecule has 134 valence electrons. The first kappa shape index (κ1) is 17.2. The van der Waals surface area contributed by atoms with Crippen LogP contribution in [0, 0.1) is 6.92 Å². The van der Waals surface area contributed by atoms with Gasteiger partial charge in [0.1, 0.15) is 0 Å². The number of hydrogen-bond acceptors (Lipinski definition) is 4. The summed E-state index contributed by atoms with van der Waals surface area (Å²) in [4.78, 5) is 17.7. The van der Waals surface area contributed by atoms with E-state index in [1.165, 1.54) is 40.2 Å². The Morgan fingerprint density at radius 3 is 2.54 bits per heavy atom. The van der Waals surface area contributed by atoms with E-state index in [2.05, 4.69) is 59.2 Å². The zero-order valence-electron chi connectivity index (χ0n) is 15.4. The Morgan fingerprint density at radius 2 is 1.85 bits per heavy atom. The smallest absolute Gasteiger partial charge is 0.155 e. The van der Waals surface area contributed by atoms with E-state index >= 15 is 0 Å². The summed E-state index contributed by atoms with van der Waals surface area (Å²) >= 11 is 1.69. The van der Waals surface area contributed by atoms with Crippen LogP contribution in [0.3, 0.4) is 0 Å². The average molecular weight is 365 g/mol. The molecular weight excluding hydrogens is 340 g/mol. The van der Waals surface area contributed by atoms with E-state index in [1.807, 2.05) is 0 Å². The van der Waals surface area contributed by atoms with Crippen LogP contribution in [0.15, 0.2) is 58.5 Å². The Kier molecular flexibility index (Phi) is 4.77. The highest BCUT2D eigenvalue weighted by Crippen LogP contribution is 2.48. The Balaban J connectivity index is 1.69. The first-order valence-electron chi connectivity index (χ1n) is 9.22. The van der Waals surface area contributed by atoms with Crippen LogP contribution in [0.25, 0.3) is 0 Å². The molecule has 0 amide bonds. The van der Waals surface area contributed by atoms with Gasteiger partial charge in [-0.25, -0.2) is 0 Å². The third-order valence-electron chi connectivity index (χ3n) is 4.97. The molecule has 4 rings (SSSR count). The van der Waals surface area contributed by atoms with E-state index in [0.717, 1.165) is 24.7 Å². The van der Waals surface area contributed by atoms with Gasteiger partial charge in [0.15, 0.2) is 5.78 Å². The Morgan fingerprint density at radius 1 is 1.12 bits per heavy atom. The molecule has 2 aliphatic rings. The lowest BCUT2D eigenvalue weighted by molar-refractivity contribution is -0.112. The van der Waals surface area contributed by atoms with Gasteiger partial charge in [-0.3, -0.25) is 4.79 Å². The second-order valence-electron chi connectivity index (χ2n) is 7.11. The second-order valence-corrected chi connectivity index (χ2v) is 8.18. The van der Waals surface area contributed by atoms with Crippen LogP contribution in [0.2, 0.25) is 0 Å². The number of nitrogens with zero attached hydrogens (tertiary/aromatic N) is 2. The molecule has 2 aromatic carbocycles. The molecule has 4 heteroatoms. The predicted molar refractivity (Wildman–Crippen MR) is 110 cm³/mol. The van der Waals surface area contributed by atoms with E-state index in [0.29, 0.717) is 0 Å². The van der Waals surface area contributed by atoms with Gasteiger partial charge in [-0.1, -0.05) is 41.6 Å². The van der Waals surface area contributed by atoms with Gasteiger partial charge in [-0.2, -0.15) is 0 Å². The van der Waals surface area contributed by atoms with Gasteiger partial charge in [0.2, 0.25) is 0 Å². The van der Waals surface area contributed by atoms with Crippen molar-refractivity contribution in [3.05, 3.63) is 64.7 Å². The molecule has 0 aliphatic carbocycles. The maximum absolute atomic E-state index is 11.7. The summed E-state index contributed by atoms with van der Waals surface area (Å²) in [6.45, 7) is 6.79. The Hall–Kier alpha value is -2.20. The molecule has 2 aromatic rings. The lowest BCUT2D eigenvalue weighted by Gasteiger charge is -2.23. The van der Waals surface area contributed by atoms with E-state index in [9.17, 15) is 4.79 Å². The van der Waals surface area contributed by atoms with E-state index < -0.39 is 0 Å². The first-order chi connectivity index (χ1) is 12.6. The van der Waals surface area contributed by atoms with Crippen molar-refractivity contribution < 1.29 is 4.79 Å². The van der Waals surface area contributed by atoms with Crippen molar-refractivity contribution >= 4 is 28.9 Å². The zero-order valence-corrected chi connectivity index (χ0v) is 16.2. The largest absolute Gasteiger partial charge is 0.371 e. The number of aryl methyl sites for hydroxylation is 1. The molecule has 2 heterocycles. The van der Waals surface area contributed by atoms with Crippen LogP contribution in [-0.4, -0.2) is 18.9 Å². The van der Waals surface area contributed by atoms with E-state index in [-0.39, 0.29) is 5.78 Å².